The molecule has 1 fully saturated rings. The molecule has 1 aromatic carbocycles. The number of ether oxygens (including phenoxy) is 2. The minimum atomic E-state index is 0.206. The SMILES string of the molecule is N#Cc1cccc(CCOc2cc(-c3cnc(N)nc3)nc(N3CCOCC3)n2)c1. The van der Waals surface area contributed by atoms with E-state index in [4.69, 9.17) is 20.5 Å². The second-order valence-electron chi connectivity index (χ2n) is 6.73. The van der Waals surface area contributed by atoms with Crippen molar-refractivity contribution in [2.24, 2.45) is 0 Å². The molecule has 9 heteroatoms. The molecule has 0 unspecified atom stereocenters. The fraction of sp³-hybridized carbons (Fsp3) is 0.286. The number of hydrogen-bond donors (Lipinski definition) is 1. The van der Waals surface area contributed by atoms with Crippen molar-refractivity contribution in [2.45, 2.75) is 6.42 Å². The zero-order valence-electron chi connectivity index (χ0n) is 16.4. The zero-order chi connectivity index (χ0) is 20.8. The highest BCUT2D eigenvalue weighted by Gasteiger charge is 2.17. The highest BCUT2D eigenvalue weighted by molar-refractivity contribution is 5.60. The van der Waals surface area contributed by atoms with Crippen LogP contribution in [0.25, 0.3) is 11.3 Å². The topological polar surface area (TPSA) is 123 Å². The van der Waals surface area contributed by atoms with Crippen LogP contribution in [-0.4, -0.2) is 52.8 Å². The number of hydrogen-bond acceptors (Lipinski definition) is 9. The molecule has 1 aliphatic heterocycles. The van der Waals surface area contributed by atoms with Gasteiger partial charge in [-0.05, 0) is 17.7 Å². The number of rotatable bonds is 6. The van der Waals surface area contributed by atoms with Crippen LogP contribution < -0.4 is 15.4 Å². The summed E-state index contributed by atoms with van der Waals surface area (Å²) in [6.45, 7) is 3.10. The highest BCUT2D eigenvalue weighted by Crippen LogP contribution is 2.24. The van der Waals surface area contributed by atoms with Crippen molar-refractivity contribution in [3.05, 3.63) is 53.9 Å². The number of nitriles is 1. The van der Waals surface area contributed by atoms with Crippen LogP contribution >= 0.6 is 0 Å². The van der Waals surface area contributed by atoms with Gasteiger partial charge < -0.3 is 20.1 Å². The molecule has 1 saturated heterocycles. The molecule has 1 aliphatic rings. The summed E-state index contributed by atoms with van der Waals surface area (Å²) in [5, 5.41) is 9.05. The first-order valence-corrected chi connectivity index (χ1v) is 9.63. The summed E-state index contributed by atoms with van der Waals surface area (Å²) in [4.78, 5) is 19.4. The lowest BCUT2D eigenvalue weighted by molar-refractivity contribution is 0.122. The molecule has 2 N–H and O–H groups in total. The van der Waals surface area contributed by atoms with Crippen molar-refractivity contribution in [1.82, 2.24) is 19.9 Å². The minimum absolute atomic E-state index is 0.206. The third kappa shape index (κ3) is 4.79. The first-order chi connectivity index (χ1) is 14.7. The largest absolute Gasteiger partial charge is 0.477 e. The van der Waals surface area contributed by atoms with E-state index in [-0.39, 0.29) is 5.95 Å². The fourth-order valence-electron chi connectivity index (χ4n) is 3.08. The number of nitrogen functional groups attached to an aromatic ring is 1. The molecule has 0 radical (unpaired) electrons. The van der Waals surface area contributed by atoms with Crippen LogP contribution in [0.3, 0.4) is 0 Å². The molecule has 152 valence electrons. The predicted molar refractivity (Wildman–Crippen MR) is 111 cm³/mol. The summed E-state index contributed by atoms with van der Waals surface area (Å²) in [6.07, 6.45) is 3.92. The van der Waals surface area contributed by atoms with Crippen molar-refractivity contribution in [3.63, 3.8) is 0 Å². The Morgan fingerprint density at radius 2 is 1.93 bits per heavy atom. The summed E-state index contributed by atoms with van der Waals surface area (Å²) in [6, 6.07) is 11.4. The van der Waals surface area contributed by atoms with E-state index in [0.29, 0.717) is 62.4 Å². The van der Waals surface area contributed by atoms with Gasteiger partial charge >= 0.3 is 0 Å². The van der Waals surface area contributed by atoms with Crippen molar-refractivity contribution in [3.8, 4) is 23.2 Å². The van der Waals surface area contributed by atoms with E-state index in [0.717, 1.165) is 11.1 Å². The second kappa shape index (κ2) is 9.15. The molecule has 0 aliphatic carbocycles. The summed E-state index contributed by atoms with van der Waals surface area (Å²) in [5.74, 6) is 1.25. The van der Waals surface area contributed by atoms with Gasteiger partial charge in [0, 0.05) is 43.5 Å². The van der Waals surface area contributed by atoms with Crippen LogP contribution in [0.4, 0.5) is 11.9 Å². The van der Waals surface area contributed by atoms with Gasteiger partial charge in [-0.3, -0.25) is 0 Å². The van der Waals surface area contributed by atoms with Gasteiger partial charge in [0.2, 0.25) is 17.8 Å². The average Bonchev–Trinajstić information content (AvgIpc) is 2.80. The Balaban J connectivity index is 1.55. The number of anilines is 2. The van der Waals surface area contributed by atoms with E-state index in [1.165, 1.54) is 0 Å². The molecule has 2 aromatic heterocycles. The van der Waals surface area contributed by atoms with Gasteiger partial charge in [-0.25, -0.2) is 15.0 Å². The average molecular weight is 403 g/mol. The van der Waals surface area contributed by atoms with E-state index in [1.807, 2.05) is 18.2 Å². The number of benzene rings is 1. The standard InChI is InChI=1S/C21H21N7O2/c22-12-16-3-1-2-15(10-16)4-7-30-19-11-18(17-13-24-20(23)25-14-17)26-21(27-19)28-5-8-29-9-6-28/h1-3,10-11,13-14H,4-9H2,(H2,23,24,25). The van der Waals surface area contributed by atoms with E-state index in [9.17, 15) is 0 Å². The van der Waals surface area contributed by atoms with Gasteiger partial charge in [-0.1, -0.05) is 12.1 Å². The van der Waals surface area contributed by atoms with E-state index < -0.39 is 0 Å². The first kappa shape index (κ1) is 19.5. The van der Waals surface area contributed by atoms with Gasteiger partial charge in [0.25, 0.3) is 0 Å². The van der Waals surface area contributed by atoms with Crippen molar-refractivity contribution in [2.75, 3.05) is 43.5 Å². The Kier molecular flexibility index (Phi) is 5.96. The van der Waals surface area contributed by atoms with Gasteiger partial charge in [0.05, 0.1) is 37.1 Å². The lowest BCUT2D eigenvalue weighted by atomic mass is 10.1. The third-order valence-corrected chi connectivity index (χ3v) is 4.65. The molecule has 0 atom stereocenters. The molecule has 0 bridgehead atoms. The molecule has 0 spiro atoms. The first-order valence-electron chi connectivity index (χ1n) is 9.63. The van der Waals surface area contributed by atoms with Crippen LogP contribution in [0.1, 0.15) is 11.1 Å². The maximum atomic E-state index is 9.05. The molecule has 9 nitrogen and oxygen atoms in total. The lowest BCUT2D eigenvalue weighted by Crippen LogP contribution is -2.37. The molecular weight excluding hydrogens is 382 g/mol. The zero-order valence-corrected chi connectivity index (χ0v) is 16.4. The quantitative estimate of drug-likeness (QED) is 0.656. The predicted octanol–water partition coefficient (Wildman–Crippen LogP) is 1.85. The Labute approximate surface area is 174 Å². The molecule has 4 rings (SSSR count). The molecular formula is C21H21N7O2. The van der Waals surface area contributed by atoms with Crippen LogP contribution in [0.5, 0.6) is 5.88 Å². The molecule has 3 heterocycles. The summed E-state index contributed by atoms with van der Waals surface area (Å²) >= 11 is 0. The van der Waals surface area contributed by atoms with Crippen molar-refractivity contribution in [1.29, 1.82) is 5.26 Å². The Morgan fingerprint density at radius 3 is 2.70 bits per heavy atom. The van der Waals surface area contributed by atoms with Crippen LogP contribution in [0.2, 0.25) is 0 Å². The van der Waals surface area contributed by atoms with E-state index >= 15 is 0 Å². The van der Waals surface area contributed by atoms with Crippen LogP contribution in [0, 0.1) is 11.3 Å². The maximum absolute atomic E-state index is 9.05. The molecule has 3 aromatic rings. The Bertz CT molecular complexity index is 1040. The van der Waals surface area contributed by atoms with Gasteiger partial charge in [-0.2, -0.15) is 10.2 Å². The smallest absolute Gasteiger partial charge is 0.229 e. The summed E-state index contributed by atoms with van der Waals surface area (Å²) < 4.78 is 11.4. The monoisotopic (exact) mass is 403 g/mol. The van der Waals surface area contributed by atoms with Gasteiger partial charge in [0.1, 0.15) is 0 Å². The second-order valence-corrected chi connectivity index (χ2v) is 6.73. The van der Waals surface area contributed by atoms with Crippen molar-refractivity contribution >= 4 is 11.9 Å². The van der Waals surface area contributed by atoms with Crippen LogP contribution in [-0.2, 0) is 11.2 Å². The number of aromatic nitrogens is 4. The Morgan fingerprint density at radius 1 is 1.13 bits per heavy atom. The minimum Gasteiger partial charge on any atom is -0.477 e. The summed E-state index contributed by atoms with van der Waals surface area (Å²) in [7, 11) is 0. The Hall–Kier alpha value is -3.77. The fourth-order valence-corrected chi connectivity index (χ4v) is 3.08. The van der Waals surface area contributed by atoms with E-state index in [1.54, 1.807) is 24.5 Å². The van der Waals surface area contributed by atoms with Gasteiger partial charge in [0.15, 0.2) is 0 Å². The number of morpholine rings is 1. The summed E-state index contributed by atoms with van der Waals surface area (Å²) in [5.41, 5.74) is 8.66. The van der Waals surface area contributed by atoms with Gasteiger partial charge in [-0.15, -0.1) is 0 Å². The number of nitrogens with zero attached hydrogens (tertiary/aromatic N) is 6. The molecule has 0 amide bonds. The highest BCUT2D eigenvalue weighted by atomic mass is 16.5. The van der Waals surface area contributed by atoms with E-state index in [2.05, 4.69) is 30.9 Å². The normalized spacial score (nSPS) is 13.6. The molecule has 0 saturated carbocycles. The van der Waals surface area contributed by atoms with Crippen LogP contribution in [0.15, 0.2) is 42.7 Å². The van der Waals surface area contributed by atoms with Crippen molar-refractivity contribution < 1.29 is 9.47 Å². The molecule has 30 heavy (non-hydrogen) atoms. The third-order valence-electron chi connectivity index (χ3n) is 4.65. The number of nitrogens with two attached hydrogens (primary N) is 1. The lowest BCUT2D eigenvalue weighted by Gasteiger charge is -2.27. The maximum Gasteiger partial charge on any atom is 0.229 e.